The van der Waals surface area contributed by atoms with Crippen molar-refractivity contribution in [3.63, 3.8) is 0 Å². The Hall–Kier alpha value is -1.95. The van der Waals surface area contributed by atoms with Crippen LogP contribution in [-0.4, -0.2) is 46.9 Å². The van der Waals surface area contributed by atoms with E-state index in [-0.39, 0.29) is 12.5 Å². The SMILES string of the molecule is CC(C)(C)OC(=O)N1C[C@@H](COc2cccc(Cl)c2)C[C@H]1C(=O)O. The molecule has 2 rings (SSSR count). The summed E-state index contributed by atoms with van der Waals surface area (Å²) < 4.78 is 11.0. The third-order valence-corrected chi connectivity index (χ3v) is 3.82. The number of benzene rings is 1. The normalized spacial score (nSPS) is 20.8. The summed E-state index contributed by atoms with van der Waals surface area (Å²) in [5, 5.41) is 9.93. The minimum absolute atomic E-state index is 0.0856. The van der Waals surface area contributed by atoms with Crippen molar-refractivity contribution in [3.8, 4) is 5.75 Å². The second-order valence-corrected chi connectivity index (χ2v) is 7.29. The molecule has 0 saturated carbocycles. The highest BCUT2D eigenvalue weighted by Gasteiger charge is 2.41. The van der Waals surface area contributed by atoms with Crippen LogP contribution in [0.4, 0.5) is 4.79 Å². The summed E-state index contributed by atoms with van der Waals surface area (Å²) in [5.41, 5.74) is -0.671. The Bertz CT molecular complexity index is 613. The number of rotatable bonds is 4. The van der Waals surface area contributed by atoms with Gasteiger partial charge >= 0.3 is 12.1 Å². The van der Waals surface area contributed by atoms with E-state index in [9.17, 15) is 14.7 Å². The van der Waals surface area contributed by atoms with Crippen LogP contribution in [0.5, 0.6) is 5.75 Å². The lowest BCUT2D eigenvalue weighted by atomic mass is 10.1. The van der Waals surface area contributed by atoms with Crippen molar-refractivity contribution in [3.05, 3.63) is 29.3 Å². The van der Waals surface area contributed by atoms with Crippen molar-refractivity contribution in [1.82, 2.24) is 4.90 Å². The molecule has 0 spiro atoms. The van der Waals surface area contributed by atoms with Crippen molar-refractivity contribution in [2.45, 2.75) is 38.8 Å². The van der Waals surface area contributed by atoms with Crippen LogP contribution in [0, 0.1) is 5.92 Å². The quantitative estimate of drug-likeness (QED) is 0.895. The molecule has 1 aliphatic heterocycles. The first-order valence-corrected chi connectivity index (χ1v) is 8.14. The average Bonchev–Trinajstić information content (AvgIpc) is 2.88. The Kier molecular flexibility index (Phi) is 5.59. The molecule has 1 amide bonds. The largest absolute Gasteiger partial charge is 0.493 e. The number of carbonyl (C=O) groups is 2. The van der Waals surface area contributed by atoms with E-state index >= 15 is 0 Å². The number of carboxylic acid groups (broad SMARTS) is 1. The van der Waals surface area contributed by atoms with Gasteiger partial charge in [-0.2, -0.15) is 0 Å². The highest BCUT2D eigenvalue weighted by Crippen LogP contribution is 2.27. The molecule has 0 bridgehead atoms. The molecule has 2 atom stereocenters. The highest BCUT2D eigenvalue weighted by molar-refractivity contribution is 6.30. The van der Waals surface area contributed by atoms with Gasteiger partial charge in [0.1, 0.15) is 17.4 Å². The Morgan fingerprint density at radius 2 is 2.08 bits per heavy atom. The van der Waals surface area contributed by atoms with Crippen LogP contribution >= 0.6 is 11.6 Å². The molecule has 0 aliphatic carbocycles. The summed E-state index contributed by atoms with van der Waals surface area (Å²) in [4.78, 5) is 24.9. The molecule has 1 aromatic carbocycles. The van der Waals surface area contributed by atoms with Crippen molar-refractivity contribution in [2.24, 2.45) is 5.92 Å². The van der Waals surface area contributed by atoms with Gasteiger partial charge in [0.15, 0.2) is 0 Å². The summed E-state index contributed by atoms with van der Waals surface area (Å²) in [6, 6.07) is 6.10. The molecule has 1 heterocycles. The summed E-state index contributed by atoms with van der Waals surface area (Å²) in [6.45, 7) is 5.83. The van der Waals surface area contributed by atoms with Crippen LogP contribution in [0.2, 0.25) is 5.02 Å². The number of amides is 1. The molecule has 24 heavy (non-hydrogen) atoms. The summed E-state index contributed by atoms with van der Waals surface area (Å²) >= 11 is 5.90. The van der Waals surface area contributed by atoms with E-state index in [1.807, 2.05) is 0 Å². The molecule has 132 valence electrons. The van der Waals surface area contributed by atoms with Gasteiger partial charge in [-0.1, -0.05) is 17.7 Å². The molecule has 1 aliphatic rings. The first-order chi connectivity index (χ1) is 11.2. The predicted octanol–water partition coefficient (Wildman–Crippen LogP) is 3.43. The fourth-order valence-electron chi connectivity index (χ4n) is 2.57. The van der Waals surface area contributed by atoms with Crippen LogP contribution in [0.25, 0.3) is 0 Å². The standard InChI is InChI=1S/C17H22ClNO5/c1-17(2,3)24-16(22)19-9-11(7-14(19)15(20)21)10-23-13-6-4-5-12(18)8-13/h4-6,8,11,14H,7,9-10H2,1-3H3,(H,20,21)/t11-,14-/m0/s1. The second-order valence-electron chi connectivity index (χ2n) is 6.86. The molecule has 6 nitrogen and oxygen atoms in total. The van der Waals surface area contributed by atoms with E-state index in [1.165, 1.54) is 4.90 Å². The Balaban J connectivity index is 1.98. The van der Waals surface area contributed by atoms with Gasteiger partial charge in [0.25, 0.3) is 0 Å². The lowest BCUT2D eigenvalue weighted by Crippen LogP contribution is -2.43. The van der Waals surface area contributed by atoms with E-state index in [0.717, 1.165) is 0 Å². The predicted molar refractivity (Wildman–Crippen MR) is 89.4 cm³/mol. The van der Waals surface area contributed by atoms with Crippen LogP contribution in [-0.2, 0) is 9.53 Å². The Morgan fingerprint density at radius 3 is 2.67 bits per heavy atom. The maximum absolute atomic E-state index is 12.2. The number of hydrogen-bond acceptors (Lipinski definition) is 4. The maximum atomic E-state index is 12.2. The van der Waals surface area contributed by atoms with Gasteiger partial charge in [-0.25, -0.2) is 9.59 Å². The zero-order valence-electron chi connectivity index (χ0n) is 14.0. The van der Waals surface area contributed by atoms with Crippen molar-refractivity contribution < 1.29 is 24.2 Å². The van der Waals surface area contributed by atoms with Gasteiger partial charge in [-0.05, 0) is 45.4 Å². The van der Waals surface area contributed by atoms with Crippen LogP contribution in [0.3, 0.4) is 0 Å². The average molecular weight is 356 g/mol. The minimum atomic E-state index is -1.04. The number of ether oxygens (including phenoxy) is 2. The van der Waals surface area contributed by atoms with E-state index in [2.05, 4.69) is 0 Å². The molecule has 1 fully saturated rings. The van der Waals surface area contributed by atoms with Crippen LogP contribution in [0.15, 0.2) is 24.3 Å². The van der Waals surface area contributed by atoms with Gasteiger partial charge in [-0.3, -0.25) is 4.90 Å². The first kappa shape index (κ1) is 18.4. The number of aliphatic carboxylic acids is 1. The fourth-order valence-corrected chi connectivity index (χ4v) is 2.75. The van der Waals surface area contributed by atoms with Gasteiger partial charge < -0.3 is 14.6 Å². The number of hydrogen-bond donors (Lipinski definition) is 1. The first-order valence-electron chi connectivity index (χ1n) is 7.76. The van der Waals surface area contributed by atoms with Gasteiger partial charge in [0.2, 0.25) is 0 Å². The minimum Gasteiger partial charge on any atom is -0.493 e. The third kappa shape index (κ3) is 5.03. The lowest BCUT2D eigenvalue weighted by Gasteiger charge is -2.26. The van der Waals surface area contributed by atoms with Crippen molar-refractivity contribution in [1.29, 1.82) is 0 Å². The second kappa shape index (κ2) is 7.30. The molecule has 1 saturated heterocycles. The fraction of sp³-hybridized carbons (Fsp3) is 0.529. The lowest BCUT2D eigenvalue weighted by molar-refractivity contribution is -0.142. The van der Waals surface area contributed by atoms with Gasteiger partial charge in [0.05, 0.1) is 6.61 Å². The molecule has 0 aromatic heterocycles. The molecule has 0 unspecified atom stereocenters. The monoisotopic (exact) mass is 355 g/mol. The maximum Gasteiger partial charge on any atom is 0.411 e. The smallest absolute Gasteiger partial charge is 0.411 e. The Morgan fingerprint density at radius 1 is 1.38 bits per heavy atom. The van der Waals surface area contributed by atoms with Crippen molar-refractivity contribution >= 4 is 23.7 Å². The van der Waals surface area contributed by atoms with E-state index in [4.69, 9.17) is 21.1 Å². The zero-order valence-corrected chi connectivity index (χ0v) is 14.7. The Labute approximate surface area is 146 Å². The summed E-state index contributed by atoms with van der Waals surface area (Å²) in [5.74, 6) is -0.506. The van der Waals surface area contributed by atoms with E-state index < -0.39 is 23.7 Å². The zero-order chi connectivity index (χ0) is 17.9. The van der Waals surface area contributed by atoms with Crippen LogP contribution < -0.4 is 4.74 Å². The van der Waals surface area contributed by atoms with E-state index in [1.54, 1.807) is 45.0 Å². The number of nitrogens with zero attached hydrogens (tertiary/aromatic N) is 1. The van der Waals surface area contributed by atoms with Crippen LogP contribution in [0.1, 0.15) is 27.2 Å². The molecular weight excluding hydrogens is 334 g/mol. The topological polar surface area (TPSA) is 76.1 Å². The molecule has 0 radical (unpaired) electrons. The number of carbonyl (C=O) groups excluding carboxylic acids is 1. The van der Waals surface area contributed by atoms with E-state index in [0.29, 0.717) is 23.8 Å². The molecular formula is C17H22ClNO5. The number of carboxylic acids is 1. The third-order valence-electron chi connectivity index (χ3n) is 3.58. The molecule has 1 N–H and O–H groups in total. The highest BCUT2D eigenvalue weighted by atomic mass is 35.5. The molecule has 7 heteroatoms. The molecule has 1 aromatic rings. The van der Waals surface area contributed by atoms with Gasteiger partial charge in [0, 0.05) is 17.5 Å². The number of halogens is 1. The van der Waals surface area contributed by atoms with Gasteiger partial charge in [-0.15, -0.1) is 0 Å². The summed E-state index contributed by atoms with van der Waals surface area (Å²) in [6.07, 6.45) is -0.282. The van der Waals surface area contributed by atoms with Crippen molar-refractivity contribution in [2.75, 3.05) is 13.2 Å². The summed E-state index contributed by atoms with van der Waals surface area (Å²) in [7, 11) is 0. The number of likely N-dealkylation sites (tertiary alicyclic amines) is 1.